The number of anilines is 5. The third kappa shape index (κ3) is 3.15. The van der Waals surface area contributed by atoms with Gasteiger partial charge in [0.25, 0.3) is 0 Å². The monoisotopic (exact) mass is 319 g/mol. The van der Waals surface area contributed by atoms with Gasteiger partial charge < -0.3 is 16.0 Å². The minimum Gasteiger partial charge on any atom is -0.393 e. The number of nitrogens with zero attached hydrogens (tertiary/aromatic N) is 3. The highest BCUT2D eigenvalue weighted by atomic mass is 15.2. The molecule has 24 heavy (non-hydrogen) atoms. The van der Waals surface area contributed by atoms with Gasteiger partial charge in [0.15, 0.2) is 11.6 Å². The molecule has 0 spiro atoms. The van der Waals surface area contributed by atoms with Crippen molar-refractivity contribution >= 4 is 28.7 Å². The number of aryl methyl sites for hydroxylation is 2. The van der Waals surface area contributed by atoms with Gasteiger partial charge in [-0.2, -0.15) is 0 Å². The Labute approximate surface area is 142 Å². The molecule has 0 fully saturated rings. The number of aromatic nitrogens is 2. The van der Waals surface area contributed by atoms with E-state index in [2.05, 4.69) is 41.3 Å². The van der Waals surface area contributed by atoms with Gasteiger partial charge in [0, 0.05) is 18.4 Å². The van der Waals surface area contributed by atoms with Gasteiger partial charge in [-0.1, -0.05) is 35.9 Å². The smallest absolute Gasteiger partial charge is 0.161 e. The zero-order chi connectivity index (χ0) is 17.1. The van der Waals surface area contributed by atoms with Crippen molar-refractivity contribution in [2.45, 2.75) is 13.8 Å². The van der Waals surface area contributed by atoms with E-state index in [1.807, 2.05) is 48.3 Å². The molecule has 0 aliphatic rings. The first-order valence-electron chi connectivity index (χ1n) is 7.80. The number of nitrogens with two attached hydrogens (primary N) is 1. The quantitative estimate of drug-likeness (QED) is 0.755. The van der Waals surface area contributed by atoms with Gasteiger partial charge in [-0.3, -0.25) is 0 Å². The summed E-state index contributed by atoms with van der Waals surface area (Å²) in [5.74, 6) is 1.28. The summed E-state index contributed by atoms with van der Waals surface area (Å²) in [6.45, 7) is 4.13. The maximum atomic E-state index is 6.32. The van der Waals surface area contributed by atoms with Gasteiger partial charge in [0.1, 0.15) is 12.0 Å². The van der Waals surface area contributed by atoms with Crippen molar-refractivity contribution in [2.75, 3.05) is 23.0 Å². The van der Waals surface area contributed by atoms with Crippen LogP contribution >= 0.6 is 0 Å². The predicted molar refractivity (Wildman–Crippen MR) is 100 cm³/mol. The first kappa shape index (κ1) is 15.8. The van der Waals surface area contributed by atoms with Crippen molar-refractivity contribution in [3.05, 3.63) is 66.0 Å². The highest BCUT2D eigenvalue weighted by molar-refractivity contribution is 5.81. The normalized spacial score (nSPS) is 10.5. The molecule has 122 valence electrons. The van der Waals surface area contributed by atoms with Gasteiger partial charge in [-0.25, -0.2) is 9.97 Å². The van der Waals surface area contributed by atoms with E-state index < -0.39 is 0 Å². The molecule has 0 aliphatic carbocycles. The Bertz CT molecular complexity index is 846. The molecule has 0 saturated heterocycles. The highest BCUT2D eigenvalue weighted by Crippen LogP contribution is 2.32. The van der Waals surface area contributed by atoms with Crippen LogP contribution in [0.15, 0.2) is 54.9 Å². The fourth-order valence-corrected chi connectivity index (χ4v) is 2.61. The molecule has 0 saturated carbocycles. The van der Waals surface area contributed by atoms with Crippen LogP contribution in [0.2, 0.25) is 0 Å². The molecular weight excluding hydrogens is 298 g/mol. The summed E-state index contributed by atoms with van der Waals surface area (Å²) in [6.07, 6.45) is 1.52. The Balaban J connectivity index is 1.94. The van der Waals surface area contributed by atoms with Crippen LogP contribution in [0.4, 0.5) is 28.7 Å². The van der Waals surface area contributed by atoms with E-state index in [9.17, 15) is 0 Å². The standard InChI is InChI=1S/C19H21N5/c1-13-9-10-16(14(2)11-13)23-18-17(20)19(22-12-21-18)24(3)15-7-5-4-6-8-15/h4-12H,20H2,1-3H3,(H,21,22,23). The Morgan fingerprint density at radius 2 is 1.75 bits per heavy atom. The molecule has 1 heterocycles. The number of para-hydroxylation sites is 1. The van der Waals surface area contributed by atoms with Crippen molar-refractivity contribution in [1.29, 1.82) is 0 Å². The molecule has 3 rings (SSSR count). The van der Waals surface area contributed by atoms with E-state index in [1.165, 1.54) is 11.9 Å². The van der Waals surface area contributed by atoms with Gasteiger partial charge >= 0.3 is 0 Å². The minimum absolute atomic E-state index is 0.517. The number of hydrogen-bond donors (Lipinski definition) is 2. The van der Waals surface area contributed by atoms with E-state index in [0.29, 0.717) is 17.3 Å². The Morgan fingerprint density at radius 3 is 2.46 bits per heavy atom. The van der Waals surface area contributed by atoms with E-state index in [1.54, 1.807) is 0 Å². The second-order valence-electron chi connectivity index (χ2n) is 5.80. The molecule has 0 radical (unpaired) electrons. The first-order chi connectivity index (χ1) is 11.6. The van der Waals surface area contributed by atoms with Crippen LogP contribution in [0.25, 0.3) is 0 Å². The number of nitrogen functional groups attached to an aromatic ring is 1. The molecule has 5 heteroatoms. The maximum absolute atomic E-state index is 6.32. The molecule has 2 aromatic carbocycles. The molecule has 5 nitrogen and oxygen atoms in total. The summed E-state index contributed by atoms with van der Waals surface area (Å²) in [5.41, 5.74) is 11.2. The number of nitrogens with one attached hydrogen (secondary N) is 1. The third-order valence-corrected chi connectivity index (χ3v) is 3.96. The topological polar surface area (TPSA) is 67.1 Å². The van der Waals surface area contributed by atoms with Crippen LogP contribution < -0.4 is 16.0 Å². The molecule has 3 aromatic rings. The lowest BCUT2D eigenvalue weighted by atomic mass is 10.1. The number of hydrogen-bond acceptors (Lipinski definition) is 5. The van der Waals surface area contributed by atoms with Crippen molar-refractivity contribution in [2.24, 2.45) is 0 Å². The summed E-state index contributed by atoms with van der Waals surface area (Å²) in [6, 6.07) is 16.2. The third-order valence-electron chi connectivity index (χ3n) is 3.96. The van der Waals surface area contributed by atoms with Gasteiger partial charge in [0.2, 0.25) is 0 Å². The van der Waals surface area contributed by atoms with E-state index in [0.717, 1.165) is 16.9 Å². The molecule has 0 atom stereocenters. The van der Waals surface area contributed by atoms with Crippen LogP contribution in [0, 0.1) is 13.8 Å². The molecule has 0 aliphatic heterocycles. The lowest BCUT2D eigenvalue weighted by Crippen LogP contribution is -2.15. The molecule has 3 N–H and O–H groups in total. The molecule has 0 unspecified atom stereocenters. The lowest BCUT2D eigenvalue weighted by Gasteiger charge is -2.21. The van der Waals surface area contributed by atoms with Crippen LogP contribution in [-0.2, 0) is 0 Å². The zero-order valence-electron chi connectivity index (χ0n) is 14.1. The summed E-state index contributed by atoms with van der Waals surface area (Å²) >= 11 is 0. The predicted octanol–water partition coefficient (Wildman–Crippen LogP) is 4.19. The summed E-state index contributed by atoms with van der Waals surface area (Å²) in [5, 5.41) is 3.31. The van der Waals surface area contributed by atoms with Crippen molar-refractivity contribution in [3.8, 4) is 0 Å². The summed E-state index contributed by atoms with van der Waals surface area (Å²) in [4.78, 5) is 10.6. The average molecular weight is 319 g/mol. The molecule has 1 aromatic heterocycles. The number of benzene rings is 2. The molecule has 0 bridgehead atoms. The second-order valence-corrected chi connectivity index (χ2v) is 5.80. The van der Waals surface area contributed by atoms with Crippen molar-refractivity contribution in [3.63, 3.8) is 0 Å². The van der Waals surface area contributed by atoms with Gasteiger partial charge in [-0.15, -0.1) is 0 Å². The summed E-state index contributed by atoms with van der Waals surface area (Å²) < 4.78 is 0. The largest absolute Gasteiger partial charge is 0.393 e. The maximum Gasteiger partial charge on any atom is 0.161 e. The molecular formula is C19H21N5. The fourth-order valence-electron chi connectivity index (χ4n) is 2.61. The Hall–Kier alpha value is -3.08. The van der Waals surface area contributed by atoms with E-state index >= 15 is 0 Å². The average Bonchev–Trinajstić information content (AvgIpc) is 2.59. The first-order valence-corrected chi connectivity index (χ1v) is 7.80. The van der Waals surface area contributed by atoms with Crippen LogP contribution in [0.1, 0.15) is 11.1 Å². The summed E-state index contributed by atoms with van der Waals surface area (Å²) in [7, 11) is 1.94. The van der Waals surface area contributed by atoms with Crippen LogP contribution in [-0.4, -0.2) is 17.0 Å². The van der Waals surface area contributed by atoms with E-state index in [4.69, 9.17) is 5.73 Å². The van der Waals surface area contributed by atoms with Gasteiger partial charge in [0.05, 0.1) is 0 Å². The van der Waals surface area contributed by atoms with Crippen molar-refractivity contribution < 1.29 is 0 Å². The number of rotatable bonds is 4. The second kappa shape index (κ2) is 6.58. The minimum atomic E-state index is 0.517. The highest BCUT2D eigenvalue weighted by Gasteiger charge is 2.14. The van der Waals surface area contributed by atoms with Gasteiger partial charge in [-0.05, 0) is 37.6 Å². The van der Waals surface area contributed by atoms with Crippen molar-refractivity contribution in [1.82, 2.24) is 9.97 Å². The lowest BCUT2D eigenvalue weighted by molar-refractivity contribution is 1.09. The molecule has 0 amide bonds. The zero-order valence-corrected chi connectivity index (χ0v) is 14.1. The Kier molecular flexibility index (Phi) is 4.33. The Morgan fingerprint density at radius 1 is 1.00 bits per heavy atom. The fraction of sp³-hybridized carbons (Fsp3) is 0.158. The van der Waals surface area contributed by atoms with Crippen LogP contribution in [0.5, 0.6) is 0 Å². The van der Waals surface area contributed by atoms with E-state index in [-0.39, 0.29) is 0 Å². The SMILES string of the molecule is Cc1ccc(Nc2ncnc(N(C)c3ccccc3)c2N)c(C)c1. The van der Waals surface area contributed by atoms with Crippen LogP contribution in [0.3, 0.4) is 0 Å².